The fourth-order valence-electron chi connectivity index (χ4n) is 1.10. The van der Waals surface area contributed by atoms with Gasteiger partial charge < -0.3 is 9.47 Å². The summed E-state index contributed by atoms with van der Waals surface area (Å²) in [5, 5.41) is 0. The van der Waals surface area contributed by atoms with Crippen molar-refractivity contribution in [2.75, 3.05) is 0 Å². The van der Waals surface area contributed by atoms with Gasteiger partial charge >= 0.3 is 6.29 Å². The highest BCUT2D eigenvalue weighted by molar-refractivity contribution is 5.45. The van der Waals surface area contributed by atoms with Gasteiger partial charge in [0.15, 0.2) is 11.5 Å². The molecule has 1 aromatic rings. The number of alkyl halides is 4. The quantitative estimate of drug-likeness (QED) is 0.660. The van der Waals surface area contributed by atoms with E-state index in [1.54, 1.807) is 0 Å². The first-order valence-corrected chi connectivity index (χ1v) is 3.66. The molecule has 14 heavy (non-hydrogen) atoms. The van der Waals surface area contributed by atoms with E-state index < -0.39 is 12.7 Å². The van der Waals surface area contributed by atoms with Gasteiger partial charge in [-0.3, -0.25) is 0 Å². The van der Waals surface area contributed by atoms with Gasteiger partial charge in [-0.15, -0.1) is 8.78 Å². The molecular formula is C8H4F4O2. The van der Waals surface area contributed by atoms with Gasteiger partial charge in [0, 0.05) is 5.56 Å². The first-order chi connectivity index (χ1) is 6.48. The summed E-state index contributed by atoms with van der Waals surface area (Å²) in [5.74, 6) is -0.604. The van der Waals surface area contributed by atoms with Gasteiger partial charge in [-0.2, -0.15) is 0 Å². The van der Waals surface area contributed by atoms with Crippen LogP contribution >= 0.6 is 0 Å². The molecule has 2 rings (SSSR count). The van der Waals surface area contributed by atoms with Crippen LogP contribution in [0.1, 0.15) is 12.0 Å². The van der Waals surface area contributed by atoms with Crippen molar-refractivity contribution < 1.29 is 27.0 Å². The molecule has 0 fully saturated rings. The molecule has 1 aromatic carbocycles. The largest absolute Gasteiger partial charge is 0.586 e. The van der Waals surface area contributed by atoms with Crippen molar-refractivity contribution in [2.24, 2.45) is 0 Å². The van der Waals surface area contributed by atoms with Crippen LogP contribution in [0.2, 0.25) is 0 Å². The smallest absolute Gasteiger partial charge is 0.395 e. The second kappa shape index (κ2) is 2.76. The first-order valence-electron chi connectivity index (χ1n) is 3.66. The Bertz CT molecular complexity index is 364. The Labute approximate surface area is 76.0 Å². The third kappa shape index (κ3) is 1.47. The van der Waals surface area contributed by atoms with Crippen LogP contribution in [0.3, 0.4) is 0 Å². The van der Waals surface area contributed by atoms with Crippen LogP contribution in [0, 0.1) is 0 Å². The maximum absolute atomic E-state index is 12.4. The number of ether oxygens (including phenoxy) is 2. The van der Waals surface area contributed by atoms with Gasteiger partial charge in [-0.05, 0) is 18.2 Å². The number of hydrogen-bond donors (Lipinski definition) is 0. The Hall–Kier alpha value is -1.46. The van der Waals surface area contributed by atoms with Gasteiger partial charge in [0.05, 0.1) is 0 Å². The Morgan fingerprint density at radius 2 is 1.71 bits per heavy atom. The molecule has 1 heterocycles. The summed E-state index contributed by atoms with van der Waals surface area (Å²) < 4.78 is 57.2. The molecule has 0 atom stereocenters. The molecule has 0 unspecified atom stereocenters. The van der Waals surface area contributed by atoms with Crippen molar-refractivity contribution in [1.82, 2.24) is 0 Å². The Morgan fingerprint density at radius 1 is 1.07 bits per heavy atom. The lowest BCUT2D eigenvalue weighted by atomic mass is 10.2. The molecule has 0 aromatic heterocycles. The second-order valence-electron chi connectivity index (χ2n) is 2.67. The van der Waals surface area contributed by atoms with Crippen molar-refractivity contribution >= 4 is 0 Å². The maximum atomic E-state index is 12.4. The van der Waals surface area contributed by atoms with E-state index in [1.165, 1.54) is 0 Å². The minimum Gasteiger partial charge on any atom is -0.395 e. The molecule has 0 amide bonds. The van der Waals surface area contributed by atoms with Gasteiger partial charge in [-0.25, -0.2) is 8.78 Å². The number of fused-ring (bicyclic) bond motifs is 1. The van der Waals surface area contributed by atoms with Gasteiger partial charge in [-0.1, -0.05) is 0 Å². The minimum absolute atomic E-state index is 0.237. The molecule has 0 aliphatic carbocycles. The van der Waals surface area contributed by atoms with Crippen molar-refractivity contribution in [3.8, 4) is 11.5 Å². The SMILES string of the molecule is FC(F)c1ccc2c(c1)OC(F)(F)O2. The summed E-state index contributed by atoms with van der Waals surface area (Å²) in [6, 6.07) is 2.87. The molecule has 0 bridgehead atoms. The van der Waals surface area contributed by atoms with E-state index in [2.05, 4.69) is 9.47 Å². The van der Waals surface area contributed by atoms with E-state index in [1.807, 2.05) is 0 Å². The zero-order valence-corrected chi connectivity index (χ0v) is 6.64. The molecule has 0 saturated heterocycles. The lowest BCUT2D eigenvalue weighted by Crippen LogP contribution is -2.25. The van der Waals surface area contributed by atoms with E-state index in [0.29, 0.717) is 0 Å². The van der Waals surface area contributed by atoms with E-state index in [0.717, 1.165) is 18.2 Å². The highest BCUT2D eigenvalue weighted by atomic mass is 19.3. The fourth-order valence-corrected chi connectivity index (χ4v) is 1.10. The normalized spacial score (nSPS) is 17.5. The van der Waals surface area contributed by atoms with Crippen LogP contribution in [-0.2, 0) is 0 Å². The topological polar surface area (TPSA) is 18.5 Å². The molecule has 0 saturated carbocycles. The average molecular weight is 208 g/mol. The van der Waals surface area contributed by atoms with Crippen molar-refractivity contribution in [3.05, 3.63) is 23.8 Å². The molecule has 0 N–H and O–H groups in total. The predicted molar refractivity (Wildman–Crippen MR) is 37.6 cm³/mol. The molecule has 1 aliphatic rings. The van der Waals surface area contributed by atoms with Crippen LogP contribution < -0.4 is 9.47 Å². The van der Waals surface area contributed by atoms with Crippen molar-refractivity contribution in [2.45, 2.75) is 12.7 Å². The zero-order valence-electron chi connectivity index (χ0n) is 6.64. The van der Waals surface area contributed by atoms with Crippen LogP contribution in [0.4, 0.5) is 17.6 Å². The maximum Gasteiger partial charge on any atom is 0.586 e. The van der Waals surface area contributed by atoms with E-state index in [4.69, 9.17) is 0 Å². The molecule has 0 radical (unpaired) electrons. The van der Waals surface area contributed by atoms with Crippen molar-refractivity contribution in [1.29, 1.82) is 0 Å². The zero-order chi connectivity index (χ0) is 10.3. The standard InChI is InChI=1S/C8H4F4O2/c9-7(10)4-1-2-5-6(3-4)14-8(11,12)13-5/h1-3,7H. The molecule has 76 valence electrons. The summed E-state index contributed by atoms with van der Waals surface area (Å²) in [6.07, 6.45) is -6.48. The Morgan fingerprint density at radius 3 is 2.36 bits per heavy atom. The second-order valence-corrected chi connectivity index (χ2v) is 2.67. The lowest BCUT2D eigenvalue weighted by molar-refractivity contribution is -0.286. The van der Waals surface area contributed by atoms with E-state index >= 15 is 0 Å². The molecule has 1 aliphatic heterocycles. The van der Waals surface area contributed by atoms with Crippen molar-refractivity contribution in [3.63, 3.8) is 0 Å². The van der Waals surface area contributed by atoms with Crippen LogP contribution in [-0.4, -0.2) is 6.29 Å². The Balaban J connectivity index is 2.36. The Kier molecular flexibility index (Phi) is 1.80. The minimum atomic E-state index is -3.76. The molecular weight excluding hydrogens is 204 g/mol. The summed E-state index contributed by atoms with van der Waals surface area (Å²) in [6.45, 7) is 0. The van der Waals surface area contributed by atoms with Crippen LogP contribution in [0.25, 0.3) is 0 Å². The summed E-state index contributed by atoms with van der Waals surface area (Å²) in [4.78, 5) is 0. The predicted octanol–water partition coefficient (Wildman–Crippen LogP) is 2.95. The number of halogens is 4. The van der Waals surface area contributed by atoms with E-state index in [-0.39, 0.29) is 17.1 Å². The number of rotatable bonds is 1. The summed E-state index contributed by atoms with van der Waals surface area (Å²) in [7, 11) is 0. The third-order valence-corrected chi connectivity index (χ3v) is 1.68. The summed E-state index contributed by atoms with van der Waals surface area (Å²) >= 11 is 0. The summed E-state index contributed by atoms with van der Waals surface area (Å²) in [5.41, 5.74) is -0.384. The first kappa shape index (κ1) is 9.11. The third-order valence-electron chi connectivity index (χ3n) is 1.68. The molecule has 2 nitrogen and oxygen atoms in total. The van der Waals surface area contributed by atoms with Crippen LogP contribution in [0.15, 0.2) is 18.2 Å². The van der Waals surface area contributed by atoms with Gasteiger partial charge in [0.1, 0.15) is 0 Å². The monoisotopic (exact) mass is 208 g/mol. The highest BCUT2D eigenvalue weighted by Crippen LogP contribution is 2.42. The molecule has 0 spiro atoms. The molecule has 6 heteroatoms. The number of benzene rings is 1. The fraction of sp³-hybridized carbons (Fsp3) is 0.250. The number of hydrogen-bond acceptors (Lipinski definition) is 2. The lowest BCUT2D eigenvalue weighted by Gasteiger charge is -2.04. The average Bonchev–Trinajstić information content (AvgIpc) is 2.36. The van der Waals surface area contributed by atoms with E-state index in [9.17, 15) is 17.6 Å². The highest BCUT2D eigenvalue weighted by Gasteiger charge is 2.43. The van der Waals surface area contributed by atoms with Crippen LogP contribution in [0.5, 0.6) is 11.5 Å². The van der Waals surface area contributed by atoms with Gasteiger partial charge in [0.25, 0.3) is 6.43 Å². The van der Waals surface area contributed by atoms with Gasteiger partial charge in [0.2, 0.25) is 0 Å².